The van der Waals surface area contributed by atoms with Gasteiger partial charge in [-0.15, -0.1) is 0 Å². The van der Waals surface area contributed by atoms with Crippen LogP contribution in [0.2, 0.25) is 0 Å². The van der Waals surface area contributed by atoms with Gasteiger partial charge in [0.05, 0.1) is 0 Å². The number of rotatable bonds is 1. The summed E-state index contributed by atoms with van der Waals surface area (Å²) in [6, 6.07) is 7.66. The van der Waals surface area contributed by atoms with Crippen molar-refractivity contribution in [1.29, 1.82) is 0 Å². The molecule has 1 aromatic carbocycles. The number of hydrogen-bond donors (Lipinski definition) is 1. The van der Waals surface area contributed by atoms with E-state index in [9.17, 15) is 4.79 Å². The van der Waals surface area contributed by atoms with E-state index >= 15 is 0 Å². The first-order chi connectivity index (χ1) is 5.18. The van der Waals surface area contributed by atoms with Crippen molar-refractivity contribution in [3.05, 3.63) is 27.8 Å². The Morgan fingerprint density at radius 1 is 1.36 bits per heavy atom. The summed E-state index contributed by atoms with van der Waals surface area (Å²) in [4.78, 5) is 10.6. The molecule has 0 radical (unpaired) electrons. The fraction of sp³-hybridized carbons (Fsp3) is 0.125. The van der Waals surface area contributed by atoms with Crippen LogP contribution in [0.25, 0.3) is 0 Å². The molecule has 1 N–H and O–H groups in total. The second-order valence-corrected chi connectivity index (χ2v) is 3.43. The molecule has 0 aliphatic heterocycles. The van der Waals surface area contributed by atoms with Gasteiger partial charge in [-0.25, -0.2) is 0 Å². The zero-order valence-corrected chi connectivity index (χ0v) is 8.25. The molecule has 3 heteroatoms. The molecular formula is C8H8INO. The Labute approximate surface area is 79.1 Å². The number of carbonyl (C=O) groups is 1. The van der Waals surface area contributed by atoms with Gasteiger partial charge < -0.3 is 5.32 Å². The maximum absolute atomic E-state index is 10.6. The lowest BCUT2D eigenvalue weighted by Gasteiger charge is -1.99. The van der Waals surface area contributed by atoms with Gasteiger partial charge in [-0.1, -0.05) is 0 Å². The van der Waals surface area contributed by atoms with E-state index in [1.165, 1.54) is 6.92 Å². The lowest BCUT2D eigenvalue weighted by Crippen LogP contribution is -2.05. The van der Waals surface area contributed by atoms with Gasteiger partial charge in [-0.05, 0) is 46.9 Å². The molecule has 58 valence electrons. The first-order valence-corrected chi connectivity index (χ1v) is 4.29. The van der Waals surface area contributed by atoms with Crippen LogP contribution in [0, 0.1) is 3.57 Å². The van der Waals surface area contributed by atoms with E-state index in [1.807, 2.05) is 24.3 Å². The van der Waals surface area contributed by atoms with E-state index in [2.05, 4.69) is 27.9 Å². The van der Waals surface area contributed by atoms with Gasteiger partial charge in [0.15, 0.2) is 0 Å². The molecule has 0 saturated carbocycles. The fourth-order valence-electron chi connectivity index (χ4n) is 0.736. The van der Waals surface area contributed by atoms with Crippen LogP contribution in [0.3, 0.4) is 0 Å². The van der Waals surface area contributed by atoms with E-state index in [-0.39, 0.29) is 5.91 Å². The summed E-state index contributed by atoms with van der Waals surface area (Å²) in [5.74, 6) is -0.0359. The number of nitrogens with one attached hydrogen (secondary N) is 1. The Morgan fingerprint density at radius 3 is 2.36 bits per heavy atom. The zero-order chi connectivity index (χ0) is 8.27. The van der Waals surface area contributed by atoms with Crippen molar-refractivity contribution in [3.63, 3.8) is 0 Å². The SMILES string of the molecule is CC(=O)N[13c]1[13cH][13cH][13c](I)[13cH][13cH]1. The summed E-state index contributed by atoms with van der Waals surface area (Å²) in [6.45, 7) is 1.50. The van der Waals surface area contributed by atoms with Gasteiger partial charge in [-0.2, -0.15) is 0 Å². The second kappa shape index (κ2) is 3.71. The Kier molecular flexibility index (Phi) is 2.87. The highest BCUT2D eigenvalue weighted by atomic mass is 127. The summed E-state index contributed by atoms with van der Waals surface area (Å²) in [5.41, 5.74) is 0.845. The van der Waals surface area contributed by atoms with Crippen molar-refractivity contribution in [2.24, 2.45) is 0 Å². The molecule has 0 aliphatic rings. The van der Waals surface area contributed by atoms with Gasteiger partial charge >= 0.3 is 0 Å². The van der Waals surface area contributed by atoms with Gasteiger partial charge in [-0.3, -0.25) is 4.79 Å². The van der Waals surface area contributed by atoms with Crippen LogP contribution in [0.15, 0.2) is 24.3 Å². The molecule has 0 spiro atoms. The van der Waals surface area contributed by atoms with Crippen molar-refractivity contribution in [2.45, 2.75) is 6.92 Å². The van der Waals surface area contributed by atoms with Crippen LogP contribution < -0.4 is 5.32 Å². The molecule has 0 unspecified atom stereocenters. The molecule has 11 heavy (non-hydrogen) atoms. The summed E-state index contributed by atoms with van der Waals surface area (Å²) < 4.78 is 1.16. The molecule has 0 aromatic heterocycles. The average Bonchev–Trinajstić information content (AvgIpc) is 1.93. The highest BCUT2D eigenvalue weighted by molar-refractivity contribution is 14.1. The molecule has 0 atom stereocenters. The number of carbonyl (C=O) groups excluding carboxylic acids is 1. The predicted octanol–water partition coefficient (Wildman–Crippen LogP) is 2.25. The third-order valence-electron chi connectivity index (χ3n) is 1.16. The highest BCUT2D eigenvalue weighted by Gasteiger charge is 1.92. The Balaban J connectivity index is 2.74. The lowest BCUT2D eigenvalue weighted by molar-refractivity contribution is -0.114. The van der Waals surface area contributed by atoms with Crippen LogP contribution in [0.1, 0.15) is 6.92 Å². The van der Waals surface area contributed by atoms with Crippen LogP contribution in [0.4, 0.5) is 5.69 Å². The van der Waals surface area contributed by atoms with E-state index in [0.717, 1.165) is 9.26 Å². The summed E-state index contributed by atoms with van der Waals surface area (Å²) in [5, 5.41) is 2.69. The summed E-state index contributed by atoms with van der Waals surface area (Å²) in [6.07, 6.45) is 0. The van der Waals surface area contributed by atoms with Crippen LogP contribution in [0.5, 0.6) is 0 Å². The summed E-state index contributed by atoms with van der Waals surface area (Å²) >= 11 is 2.22. The lowest BCUT2D eigenvalue weighted by atomic mass is 10.7. The Morgan fingerprint density at radius 2 is 1.91 bits per heavy atom. The van der Waals surface area contributed by atoms with Gasteiger partial charge in [0.1, 0.15) is 0 Å². The first kappa shape index (κ1) is 8.52. The van der Waals surface area contributed by atoms with Crippen molar-refractivity contribution >= 4 is 34.2 Å². The minimum absolute atomic E-state index is 0.0359. The minimum Gasteiger partial charge on any atom is -0.326 e. The van der Waals surface area contributed by atoms with E-state index in [0.29, 0.717) is 0 Å². The minimum atomic E-state index is -0.0359. The van der Waals surface area contributed by atoms with Crippen molar-refractivity contribution in [1.82, 2.24) is 0 Å². The third kappa shape index (κ3) is 2.88. The van der Waals surface area contributed by atoms with Crippen LogP contribution >= 0.6 is 22.6 Å². The normalized spacial score (nSPS) is 9.27. The molecule has 2 nitrogen and oxygen atoms in total. The maximum Gasteiger partial charge on any atom is 0.221 e. The fourth-order valence-corrected chi connectivity index (χ4v) is 1.10. The number of benzene rings is 1. The molecule has 0 fully saturated rings. The zero-order valence-electron chi connectivity index (χ0n) is 6.10. The number of hydrogen-bond acceptors (Lipinski definition) is 1. The predicted molar refractivity (Wildman–Crippen MR) is 53.5 cm³/mol. The van der Waals surface area contributed by atoms with Gasteiger partial charge in [0, 0.05) is 16.2 Å². The molecule has 0 heterocycles. The Hall–Kier alpha value is -0.580. The highest BCUT2D eigenvalue weighted by Crippen LogP contribution is 2.10. The van der Waals surface area contributed by atoms with Gasteiger partial charge in [0.2, 0.25) is 5.91 Å². The van der Waals surface area contributed by atoms with Crippen molar-refractivity contribution in [2.75, 3.05) is 5.32 Å². The quantitative estimate of drug-likeness (QED) is 0.777. The monoisotopic (exact) mass is 267 g/mol. The molecule has 1 amide bonds. The second-order valence-electron chi connectivity index (χ2n) is 2.19. The maximum atomic E-state index is 10.6. The molecule has 1 rings (SSSR count). The van der Waals surface area contributed by atoms with Crippen molar-refractivity contribution in [3.8, 4) is 0 Å². The molecule has 0 aliphatic carbocycles. The number of halogens is 1. The molecule has 0 bridgehead atoms. The van der Waals surface area contributed by atoms with Crippen LogP contribution in [-0.2, 0) is 4.79 Å². The van der Waals surface area contributed by atoms with E-state index in [1.54, 1.807) is 0 Å². The third-order valence-corrected chi connectivity index (χ3v) is 1.88. The standard InChI is InChI=1S/C8H8INO/c1-6(11)10-8-4-2-7(9)3-5-8/h2-5H,1H3,(H,10,11)/i2+1,3+1,4+1,5+1,7+1,8+1. The average molecular weight is 267 g/mol. The van der Waals surface area contributed by atoms with E-state index < -0.39 is 0 Å². The topological polar surface area (TPSA) is 29.1 Å². The molecule has 0 saturated heterocycles. The van der Waals surface area contributed by atoms with E-state index in [4.69, 9.17) is 0 Å². The Bertz CT molecular complexity index is 255. The molecular weight excluding hydrogens is 259 g/mol. The largest absolute Gasteiger partial charge is 0.326 e. The number of amides is 1. The van der Waals surface area contributed by atoms with Crippen molar-refractivity contribution < 1.29 is 4.79 Å². The summed E-state index contributed by atoms with van der Waals surface area (Å²) in [7, 11) is 0. The van der Waals surface area contributed by atoms with Crippen LogP contribution in [-0.4, -0.2) is 5.91 Å². The smallest absolute Gasteiger partial charge is 0.221 e. The number of anilines is 1. The first-order valence-electron chi connectivity index (χ1n) is 3.21. The van der Waals surface area contributed by atoms with Gasteiger partial charge in [0.25, 0.3) is 0 Å². The molecule has 1 aromatic rings.